The highest BCUT2D eigenvalue weighted by atomic mass is 32.2. The van der Waals surface area contributed by atoms with Crippen molar-refractivity contribution < 1.29 is 4.42 Å². The molecule has 0 N–H and O–H groups in total. The number of furan rings is 1. The number of nitrogens with zero attached hydrogens (tertiary/aromatic N) is 1. The first-order valence-corrected chi connectivity index (χ1v) is 18.6. The normalized spacial score (nSPS) is 12.7. The minimum atomic E-state index is 0.922. The number of fused-ring (bicyclic) bond motifs is 17. The number of rotatable bonds is 1. The Hall–Kier alpha value is -5.81. The van der Waals surface area contributed by atoms with Gasteiger partial charge >= 0.3 is 0 Å². The first kappa shape index (κ1) is 27.1. The molecule has 0 atom stereocenters. The summed E-state index contributed by atoms with van der Waals surface area (Å²) in [5, 5.41) is 9.93. The minimum absolute atomic E-state index is 0.922. The molecule has 2 nitrogen and oxygen atoms in total. The molecule has 4 heteroatoms. The van der Waals surface area contributed by atoms with E-state index in [1.807, 2.05) is 23.1 Å². The Morgan fingerprint density at radius 1 is 0.440 bits per heavy atom. The maximum atomic E-state index is 6.67. The highest BCUT2D eigenvalue weighted by Crippen LogP contribution is 2.56. The van der Waals surface area contributed by atoms with Crippen molar-refractivity contribution in [2.24, 2.45) is 0 Å². The predicted molar refractivity (Wildman–Crippen MR) is 213 cm³/mol. The van der Waals surface area contributed by atoms with Gasteiger partial charge in [0.05, 0.1) is 11.0 Å². The van der Waals surface area contributed by atoms with Crippen LogP contribution in [0, 0.1) is 0 Å². The van der Waals surface area contributed by atoms with Crippen molar-refractivity contribution in [3.8, 4) is 27.9 Å². The van der Waals surface area contributed by atoms with E-state index in [1.54, 1.807) is 0 Å². The Morgan fingerprint density at radius 3 is 2.12 bits per heavy atom. The Balaban J connectivity index is 1.30. The van der Waals surface area contributed by atoms with Crippen LogP contribution in [0.4, 0.5) is 0 Å². The number of hydrogen-bond acceptors (Lipinski definition) is 3. The first-order chi connectivity index (χ1) is 24.8. The van der Waals surface area contributed by atoms with Crippen LogP contribution in [0.15, 0.2) is 166 Å². The molecule has 11 aromatic rings. The summed E-state index contributed by atoms with van der Waals surface area (Å²) in [6, 6.07) is 55.7. The molecule has 4 heterocycles. The highest BCUT2D eigenvalue weighted by Gasteiger charge is 2.29. The number of aromatic nitrogens is 1. The van der Waals surface area contributed by atoms with Crippen LogP contribution < -0.4 is 0 Å². The summed E-state index contributed by atoms with van der Waals surface area (Å²) in [7, 11) is 0. The van der Waals surface area contributed by atoms with Crippen molar-refractivity contribution >= 4 is 97.8 Å². The molecule has 0 fully saturated rings. The van der Waals surface area contributed by atoms with Gasteiger partial charge in [-0.15, -0.1) is 11.3 Å². The lowest BCUT2D eigenvalue weighted by Crippen LogP contribution is -1.94. The highest BCUT2D eigenvalue weighted by molar-refractivity contribution is 7.99. The van der Waals surface area contributed by atoms with Gasteiger partial charge in [-0.05, 0) is 88.6 Å². The lowest BCUT2D eigenvalue weighted by molar-refractivity contribution is 0.669. The van der Waals surface area contributed by atoms with Gasteiger partial charge in [-0.2, -0.15) is 0 Å². The molecule has 12 rings (SSSR count). The van der Waals surface area contributed by atoms with Crippen LogP contribution in [-0.2, 0) is 0 Å². The maximum absolute atomic E-state index is 6.67. The molecule has 0 saturated heterocycles. The van der Waals surface area contributed by atoms with Crippen LogP contribution in [0.1, 0.15) is 0 Å². The summed E-state index contributed by atoms with van der Waals surface area (Å²) in [6.07, 6.45) is 0. The van der Waals surface area contributed by atoms with Gasteiger partial charge in [-0.1, -0.05) is 96.7 Å². The quantitative estimate of drug-likeness (QED) is 0.173. The SMILES string of the molecule is c1ccc(-n2c3ccccc3c3c4c(ccc32)-c2c(ccc3oc5cc6ccccc6cc5c23)Sc2cc3sc5ccccc5c3cc2-4)cc1. The lowest BCUT2D eigenvalue weighted by Gasteiger charge is -2.15. The van der Waals surface area contributed by atoms with Crippen molar-refractivity contribution in [2.45, 2.75) is 9.79 Å². The maximum Gasteiger partial charge on any atom is 0.136 e. The third-order valence-electron chi connectivity index (χ3n) is 10.6. The number of para-hydroxylation sites is 2. The second kappa shape index (κ2) is 9.88. The molecule has 0 amide bonds. The van der Waals surface area contributed by atoms with Gasteiger partial charge in [0.15, 0.2) is 0 Å². The largest absolute Gasteiger partial charge is 0.456 e. The topological polar surface area (TPSA) is 18.1 Å². The number of benzene rings is 8. The molecular formula is C46H25NOS2. The zero-order valence-electron chi connectivity index (χ0n) is 26.6. The van der Waals surface area contributed by atoms with Gasteiger partial charge < -0.3 is 8.98 Å². The summed E-state index contributed by atoms with van der Waals surface area (Å²) in [6.45, 7) is 0. The Bertz CT molecular complexity index is 3230. The van der Waals surface area contributed by atoms with Crippen LogP contribution in [0.2, 0.25) is 0 Å². The van der Waals surface area contributed by atoms with E-state index < -0.39 is 0 Å². The van der Waals surface area contributed by atoms with Crippen LogP contribution in [-0.4, -0.2) is 4.57 Å². The molecule has 1 aliphatic rings. The van der Waals surface area contributed by atoms with Crippen molar-refractivity contribution in [1.82, 2.24) is 4.57 Å². The third kappa shape index (κ3) is 3.59. The smallest absolute Gasteiger partial charge is 0.136 e. The minimum Gasteiger partial charge on any atom is -0.456 e. The van der Waals surface area contributed by atoms with Gasteiger partial charge in [-0.25, -0.2) is 0 Å². The molecular weight excluding hydrogens is 647 g/mol. The number of thiophene rings is 1. The fraction of sp³-hybridized carbons (Fsp3) is 0. The summed E-state index contributed by atoms with van der Waals surface area (Å²) in [4.78, 5) is 2.53. The molecule has 8 aromatic carbocycles. The van der Waals surface area contributed by atoms with Gasteiger partial charge in [-0.3, -0.25) is 0 Å². The third-order valence-corrected chi connectivity index (χ3v) is 12.8. The zero-order valence-corrected chi connectivity index (χ0v) is 28.2. The molecule has 0 spiro atoms. The van der Waals surface area contributed by atoms with Crippen molar-refractivity contribution in [1.29, 1.82) is 0 Å². The van der Waals surface area contributed by atoms with Gasteiger partial charge in [0, 0.05) is 68.3 Å². The van der Waals surface area contributed by atoms with E-state index in [2.05, 4.69) is 156 Å². The molecule has 0 bridgehead atoms. The van der Waals surface area contributed by atoms with Crippen LogP contribution in [0.3, 0.4) is 0 Å². The molecule has 50 heavy (non-hydrogen) atoms. The zero-order chi connectivity index (χ0) is 32.5. The average molecular weight is 672 g/mol. The monoisotopic (exact) mass is 671 g/mol. The van der Waals surface area contributed by atoms with E-state index in [9.17, 15) is 0 Å². The molecule has 0 unspecified atom stereocenters. The summed E-state index contributed by atoms with van der Waals surface area (Å²) >= 11 is 3.78. The standard InChI is InChI=1S/C46H25NOS2/c1-2-12-28(13-3-1)47-35-16-8-6-15-30(35)44-36(47)19-18-31-43(44)34-24-32-29-14-7-9-17-39(29)49-41(32)25-42(34)50-40-21-20-37-45(46(31)40)33-22-26-10-4-5-11-27(26)23-38(33)48-37/h1-25H. The second-order valence-electron chi connectivity index (χ2n) is 13.2. The van der Waals surface area contributed by atoms with Crippen molar-refractivity contribution in [3.63, 3.8) is 0 Å². The van der Waals surface area contributed by atoms with E-state index >= 15 is 0 Å². The van der Waals surface area contributed by atoms with Crippen LogP contribution in [0.5, 0.6) is 0 Å². The lowest BCUT2D eigenvalue weighted by atomic mass is 9.88. The second-order valence-corrected chi connectivity index (χ2v) is 15.4. The average Bonchev–Trinajstić information content (AvgIpc) is 3.79. The van der Waals surface area contributed by atoms with Crippen molar-refractivity contribution in [3.05, 3.63) is 152 Å². The fourth-order valence-corrected chi connectivity index (χ4v) is 10.8. The summed E-state index contributed by atoms with van der Waals surface area (Å²) in [5.74, 6) is 0. The van der Waals surface area contributed by atoms with Gasteiger partial charge in [0.1, 0.15) is 11.2 Å². The Labute approximate surface area is 294 Å². The van der Waals surface area contributed by atoms with Gasteiger partial charge in [0.2, 0.25) is 0 Å². The van der Waals surface area contributed by atoms with E-state index in [-0.39, 0.29) is 0 Å². The number of hydrogen-bond donors (Lipinski definition) is 0. The molecule has 3 aromatic heterocycles. The van der Waals surface area contributed by atoms with E-state index in [4.69, 9.17) is 4.42 Å². The predicted octanol–water partition coefficient (Wildman–Crippen LogP) is 14.0. The first-order valence-electron chi connectivity index (χ1n) is 16.9. The van der Waals surface area contributed by atoms with E-state index in [1.165, 1.54) is 90.2 Å². The molecule has 0 aliphatic carbocycles. The molecule has 232 valence electrons. The molecule has 0 radical (unpaired) electrons. The fourth-order valence-electron chi connectivity index (χ4n) is 8.44. The van der Waals surface area contributed by atoms with Crippen molar-refractivity contribution in [2.75, 3.05) is 0 Å². The van der Waals surface area contributed by atoms with Crippen LogP contribution in [0.25, 0.3) is 103 Å². The van der Waals surface area contributed by atoms with Crippen LogP contribution >= 0.6 is 23.1 Å². The summed E-state index contributed by atoms with van der Waals surface area (Å²) < 4.78 is 11.7. The summed E-state index contributed by atoms with van der Waals surface area (Å²) in [5.41, 5.74) is 10.5. The molecule has 0 saturated carbocycles. The molecule has 1 aliphatic heterocycles. The van der Waals surface area contributed by atoms with Gasteiger partial charge in [0.25, 0.3) is 0 Å². The Morgan fingerprint density at radius 2 is 1.22 bits per heavy atom. The van der Waals surface area contributed by atoms with E-state index in [0.717, 1.165) is 22.2 Å². The Kier molecular flexibility index (Phi) is 5.35. The van der Waals surface area contributed by atoms with E-state index in [0.29, 0.717) is 0 Å².